The lowest BCUT2D eigenvalue weighted by Gasteiger charge is -2.32. The highest BCUT2D eigenvalue weighted by molar-refractivity contribution is 5.67. The SMILES string of the molecule is CC1(C)CC[C@@H](CO)N1C(=O)O. The molecule has 1 aliphatic rings. The molecule has 0 radical (unpaired) electrons. The number of rotatable bonds is 1. The third kappa shape index (κ3) is 1.39. The van der Waals surface area contributed by atoms with Gasteiger partial charge in [-0.25, -0.2) is 4.79 Å². The molecule has 70 valence electrons. The van der Waals surface area contributed by atoms with E-state index in [1.54, 1.807) is 0 Å². The minimum atomic E-state index is -0.934. The normalized spacial score (nSPS) is 27.6. The largest absolute Gasteiger partial charge is 0.465 e. The van der Waals surface area contributed by atoms with Gasteiger partial charge in [0.15, 0.2) is 0 Å². The van der Waals surface area contributed by atoms with Gasteiger partial charge in [-0.2, -0.15) is 0 Å². The van der Waals surface area contributed by atoms with E-state index in [-0.39, 0.29) is 18.2 Å². The van der Waals surface area contributed by atoms with Crippen LogP contribution in [0, 0.1) is 0 Å². The second-order valence-electron chi connectivity index (χ2n) is 3.84. The molecule has 1 atom stereocenters. The van der Waals surface area contributed by atoms with Gasteiger partial charge in [-0.05, 0) is 26.7 Å². The van der Waals surface area contributed by atoms with Crippen LogP contribution in [-0.4, -0.2) is 39.4 Å². The van der Waals surface area contributed by atoms with E-state index < -0.39 is 6.09 Å². The van der Waals surface area contributed by atoms with Gasteiger partial charge in [-0.15, -0.1) is 0 Å². The average Bonchev–Trinajstić information content (AvgIpc) is 2.24. The van der Waals surface area contributed by atoms with Crippen LogP contribution in [0.25, 0.3) is 0 Å². The molecule has 0 bridgehead atoms. The summed E-state index contributed by atoms with van der Waals surface area (Å²) in [6.07, 6.45) is 0.650. The summed E-state index contributed by atoms with van der Waals surface area (Å²) < 4.78 is 0. The Hall–Kier alpha value is -0.770. The predicted octanol–water partition coefficient (Wildman–Crippen LogP) is 0.900. The highest BCUT2D eigenvalue weighted by atomic mass is 16.4. The second kappa shape index (κ2) is 2.94. The smallest absolute Gasteiger partial charge is 0.408 e. The lowest BCUT2D eigenvalue weighted by atomic mass is 10.0. The van der Waals surface area contributed by atoms with Crippen LogP contribution in [-0.2, 0) is 0 Å². The molecule has 0 aromatic rings. The fourth-order valence-corrected chi connectivity index (χ4v) is 1.85. The molecular formula is C8H15NO3. The van der Waals surface area contributed by atoms with Gasteiger partial charge in [0.2, 0.25) is 0 Å². The van der Waals surface area contributed by atoms with Gasteiger partial charge in [0.05, 0.1) is 12.6 Å². The molecule has 12 heavy (non-hydrogen) atoms. The van der Waals surface area contributed by atoms with E-state index in [0.717, 1.165) is 12.8 Å². The molecule has 1 fully saturated rings. The van der Waals surface area contributed by atoms with E-state index in [0.29, 0.717) is 0 Å². The number of nitrogens with zero attached hydrogens (tertiary/aromatic N) is 1. The molecule has 0 spiro atoms. The molecule has 1 saturated heterocycles. The molecule has 0 aromatic carbocycles. The van der Waals surface area contributed by atoms with Crippen molar-refractivity contribution in [2.24, 2.45) is 0 Å². The molecule has 0 aliphatic carbocycles. The van der Waals surface area contributed by atoms with Crippen molar-refractivity contribution in [3.8, 4) is 0 Å². The fourth-order valence-electron chi connectivity index (χ4n) is 1.85. The van der Waals surface area contributed by atoms with Crippen molar-refractivity contribution in [2.45, 2.75) is 38.3 Å². The van der Waals surface area contributed by atoms with Crippen molar-refractivity contribution < 1.29 is 15.0 Å². The van der Waals surface area contributed by atoms with E-state index in [4.69, 9.17) is 10.2 Å². The molecule has 1 rings (SSSR count). The minimum absolute atomic E-state index is 0.0737. The molecule has 4 nitrogen and oxygen atoms in total. The number of carbonyl (C=O) groups is 1. The molecular weight excluding hydrogens is 158 g/mol. The first-order valence-electron chi connectivity index (χ1n) is 4.12. The first-order valence-corrected chi connectivity index (χ1v) is 4.12. The summed E-state index contributed by atoms with van der Waals surface area (Å²) in [5.74, 6) is 0. The first-order chi connectivity index (χ1) is 5.49. The van der Waals surface area contributed by atoms with Crippen LogP contribution in [0.15, 0.2) is 0 Å². The fraction of sp³-hybridized carbons (Fsp3) is 0.875. The zero-order valence-corrected chi connectivity index (χ0v) is 7.45. The standard InChI is InChI=1S/C8H15NO3/c1-8(2)4-3-6(5-10)9(8)7(11)12/h6,10H,3-5H2,1-2H3,(H,11,12)/t6-/m0/s1. The Morgan fingerprint density at radius 1 is 1.67 bits per heavy atom. The van der Waals surface area contributed by atoms with Crippen molar-refractivity contribution in [2.75, 3.05) is 6.61 Å². The van der Waals surface area contributed by atoms with Crippen LogP contribution in [0.4, 0.5) is 4.79 Å². The quantitative estimate of drug-likeness (QED) is 0.619. The maximum atomic E-state index is 10.8. The lowest BCUT2D eigenvalue weighted by molar-refractivity contribution is 0.0759. The topological polar surface area (TPSA) is 60.8 Å². The van der Waals surface area contributed by atoms with Gasteiger partial charge in [-0.1, -0.05) is 0 Å². The maximum Gasteiger partial charge on any atom is 0.408 e. The summed E-state index contributed by atoms with van der Waals surface area (Å²) in [6, 6.07) is -0.211. The number of carboxylic acid groups (broad SMARTS) is 1. The molecule has 4 heteroatoms. The van der Waals surface area contributed by atoms with Crippen molar-refractivity contribution >= 4 is 6.09 Å². The van der Waals surface area contributed by atoms with Crippen LogP contribution in [0.2, 0.25) is 0 Å². The Labute approximate surface area is 71.8 Å². The molecule has 1 heterocycles. The highest BCUT2D eigenvalue weighted by Gasteiger charge is 2.42. The van der Waals surface area contributed by atoms with Crippen LogP contribution in [0.1, 0.15) is 26.7 Å². The Morgan fingerprint density at radius 3 is 2.58 bits per heavy atom. The number of hydrogen-bond donors (Lipinski definition) is 2. The van der Waals surface area contributed by atoms with Gasteiger partial charge in [-0.3, -0.25) is 4.90 Å². The van der Waals surface area contributed by atoms with Crippen molar-refractivity contribution in [3.05, 3.63) is 0 Å². The summed E-state index contributed by atoms with van der Waals surface area (Å²) in [7, 11) is 0. The van der Waals surface area contributed by atoms with E-state index >= 15 is 0 Å². The van der Waals surface area contributed by atoms with Crippen LogP contribution in [0.3, 0.4) is 0 Å². The van der Waals surface area contributed by atoms with Crippen molar-refractivity contribution in [1.29, 1.82) is 0 Å². The number of likely N-dealkylation sites (tertiary alicyclic amines) is 1. The Bertz CT molecular complexity index is 191. The second-order valence-corrected chi connectivity index (χ2v) is 3.84. The average molecular weight is 173 g/mol. The third-order valence-corrected chi connectivity index (χ3v) is 2.52. The van der Waals surface area contributed by atoms with Crippen molar-refractivity contribution in [1.82, 2.24) is 4.90 Å². The van der Waals surface area contributed by atoms with Gasteiger partial charge in [0, 0.05) is 5.54 Å². The highest BCUT2D eigenvalue weighted by Crippen LogP contribution is 2.32. The van der Waals surface area contributed by atoms with Crippen LogP contribution < -0.4 is 0 Å². The molecule has 1 amide bonds. The summed E-state index contributed by atoms with van der Waals surface area (Å²) in [5, 5.41) is 17.8. The third-order valence-electron chi connectivity index (χ3n) is 2.52. The zero-order chi connectivity index (χ0) is 9.35. The Balaban J connectivity index is 2.80. The van der Waals surface area contributed by atoms with Gasteiger partial charge in [0.25, 0.3) is 0 Å². The summed E-state index contributed by atoms with van der Waals surface area (Å²) in [4.78, 5) is 12.2. The molecule has 0 aromatic heterocycles. The first kappa shape index (κ1) is 9.32. The number of aliphatic hydroxyl groups excluding tert-OH is 1. The molecule has 0 unspecified atom stereocenters. The summed E-state index contributed by atoms with van der Waals surface area (Å²) >= 11 is 0. The van der Waals surface area contributed by atoms with Gasteiger partial charge >= 0.3 is 6.09 Å². The number of aliphatic hydroxyl groups is 1. The number of hydrogen-bond acceptors (Lipinski definition) is 2. The Kier molecular flexibility index (Phi) is 2.28. The molecule has 0 saturated carbocycles. The van der Waals surface area contributed by atoms with Gasteiger partial charge in [0.1, 0.15) is 0 Å². The summed E-state index contributed by atoms with van der Waals surface area (Å²) in [5.41, 5.74) is -0.320. The predicted molar refractivity (Wildman–Crippen MR) is 44.1 cm³/mol. The van der Waals surface area contributed by atoms with Crippen molar-refractivity contribution in [3.63, 3.8) is 0 Å². The zero-order valence-electron chi connectivity index (χ0n) is 7.45. The molecule has 2 N–H and O–H groups in total. The number of amides is 1. The van der Waals surface area contributed by atoms with E-state index in [2.05, 4.69) is 0 Å². The van der Waals surface area contributed by atoms with E-state index in [1.165, 1.54) is 4.90 Å². The Morgan fingerprint density at radius 2 is 2.25 bits per heavy atom. The van der Waals surface area contributed by atoms with E-state index in [1.807, 2.05) is 13.8 Å². The van der Waals surface area contributed by atoms with Crippen LogP contribution in [0.5, 0.6) is 0 Å². The molecule has 1 aliphatic heterocycles. The maximum absolute atomic E-state index is 10.8. The summed E-state index contributed by atoms with van der Waals surface area (Å²) in [6.45, 7) is 3.70. The minimum Gasteiger partial charge on any atom is -0.465 e. The monoisotopic (exact) mass is 173 g/mol. The van der Waals surface area contributed by atoms with Gasteiger partial charge < -0.3 is 10.2 Å². The van der Waals surface area contributed by atoms with Crippen LogP contribution >= 0.6 is 0 Å². The lowest BCUT2D eigenvalue weighted by Crippen LogP contribution is -2.47. The van der Waals surface area contributed by atoms with E-state index in [9.17, 15) is 4.79 Å².